The van der Waals surface area contributed by atoms with Crippen molar-refractivity contribution < 1.29 is 4.42 Å². The number of nitrogens with two attached hydrogens (primary N) is 1. The lowest BCUT2D eigenvalue weighted by Crippen LogP contribution is -2.12. The number of furan rings is 1. The molecule has 1 heterocycles. The second-order valence-corrected chi connectivity index (χ2v) is 4.45. The molecule has 0 saturated carbocycles. The minimum Gasteiger partial charge on any atom is -0.464 e. The molecule has 0 radical (unpaired) electrons. The molecule has 0 aliphatic carbocycles. The van der Waals surface area contributed by atoms with Gasteiger partial charge in [0.25, 0.3) is 0 Å². The van der Waals surface area contributed by atoms with Crippen LogP contribution in [0.3, 0.4) is 0 Å². The predicted octanol–water partition coefficient (Wildman–Crippen LogP) is 3.39. The van der Waals surface area contributed by atoms with Crippen LogP contribution in [0.5, 0.6) is 0 Å². The summed E-state index contributed by atoms with van der Waals surface area (Å²) < 4.78 is 5.67. The van der Waals surface area contributed by atoms with Gasteiger partial charge in [-0.15, -0.1) is 0 Å². The molecule has 90 valence electrons. The lowest BCUT2D eigenvalue weighted by Gasteiger charge is -2.09. The zero-order valence-corrected chi connectivity index (χ0v) is 10.4. The maximum absolute atomic E-state index is 6.14. The maximum atomic E-state index is 6.14. The maximum Gasteiger partial charge on any atom is 0.121 e. The summed E-state index contributed by atoms with van der Waals surface area (Å²) in [6.45, 7) is 4.16. The fraction of sp³-hybridized carbons (Fsp3) is 0.333. The van der Waals surface area contributed by atoms with Crippen LogP contribution in [0.1, 0.15) is 35.6 Å². The van der Waals surface area contributed by atoms with Gasteiger partial charge in [0, 0.05) is 6.42 Å². The van der Waals surface area contributed by atoms with Crippen molar-refractivity contribution in [3.63, 3.8) is 0 Å². The van der Waals surface area contributed by atoms with Crippen LogP contribution in [0, 0.1) is 6.92 Å². The van der Waals surface area contributed by atoms with Crippen molar-refractivity contribution in [2.45, 2.75) is 32.7 Å². The fourth-order valence-electron chi connectivity index (χ4n) is 1.86. The Morgan fingerprint density at radius 2 is 1.82 bits per heavy atom. The van der Waals surface area contributed by atoms with E-state index >= 15 is 0 Å². The first-order valence-corrected chi connectivity index (χ1v) is 6.08. The molecule has 0 fully saturated rings. The van der Waals surface area contributed by atoms with Crippen LogP contribution in [0.2, 0.25) is 0 Å². The number of aryl methyl sites for hydroxylation is 2. The molecule has 2 N–H and O–H groups in total. The highest BCUT2D eigenvalue weighted by molar-refractivity contribution is 5.23. The number of benzene rings is 1. The molecule has 1 atom stereocenters. The van der Waals surface area contributed by atoms with Gasteiger partial charge < -0.3 is 10.2 Å². The van der Waals surface area contributed by atoms with Crippen molar-refractivity contribution >= 4 is 0 Å². The van der Waals surface area contributed by atoms with E-state index in [9.17, 15) is 0 Å². The van der Waals surface area contributed by atoms with E-state index in [1.807, 2.05) is 12.1 Å². The highest BCUT2D eigenvalue weighted by atomic mass is 16.3. The van der Waals surface area contributed by atoms with Gasteiger partial charge in [-0.05, 0) is 31.0 Å². The SMILES string of the molecule is CCc1ccc(C(N)Cc2ccc(C)cc2)o1. The Hall–Kier alpha value is -1.54. The summed E-state index contributed by atoms with van der Waals surface area (Å²) in [4.78, 5) is 0. The van der Waals surface area contributed by atoms with Crippen LogP contribution >= 0.6 is 0 Å². The normalized spacial score (nSPS) is 12.6. The summed E-state index contributed by atoms with van der Waals surface area (Å²) in [6, 6.07) is 12.4. The van der Waals surface area contributed by atoms with E-state index in [-0.39, 0.29) is 6.04 Å². The summed E-state index contributed by atoms with van der Waals surface area (Å²) in [5.74, 6) is 1.88. The molecule has 0 saturated heterocycles. The van der Waals surface area contributed by atoms with Gasteiger partial charge in [0.2, 0.25) is 0 Å². The van der Waals surface area contributed by atoms with E-state index in [2.05, 4.69) is 38.1 Å². The zero-order valence-electron chi connectivity index (χ0n) is 10.4. The average Bonchev–Trinajstić information content (AvgIpc) is 2.81. The first kappa shape index (κ1) is 11.9. The fourth-order valence-corrected chi connectivity index (χ4v) is 1.86. The van der Waals surface area contributed by atoms with E-state index in [0.717, 1.165) is 24.4 Å². The third-order valence-corrected chi connectivity index (χ3v) is 2.97. The summed E-state index contributed by atoms with van der Waals surface area (Å²) >= 11 is 0. The first-order chi connectivity index (χ1) is 8.19. The third kappa shape index (κ3) is 2.98. The zero-order chi connectivity index (χ0) is 12.3. The molecule has 2 aromatic rings. The van der Waals surface area contributed by atoms with Crippen molar-refractivity contribution in [3.05, 3.63) is 59.0 Å². The highest BCUT2D eigenvalue weighted by Gasteiger charge is 2.11. The highest BCUT2D eigenvalue weighted by Crippen LogP contribution is 2.19. The van der Waals surface area contributed by atoms with Gasteiger partial charge in [0.05, 0.1) is 6.04 Å². The Morgan fingerprint density at radius 1 is 1.12 bits per heavy atom. The number of rotatable bonds is 4. The summed E-state index contributed by atoms with van der Waals surface area (Å²) in [5.41, 5.74) is 8.66. The Bertz CT molecular complexity index is 470. The van der Waals surface area contributed by atoms with Gasteiger partial charge in [0.1, 0.15) is 11.5 Å². The molecule has 0 amide bonds. The van der Waals surface area contributed by atoms with Crippen LogP contribution in [-0.2, 0) is 12.8 Å². The molecule has 2 rings (SSSR count). The second kappa shape index (κ2) is 5.19. The molecule has 2 nitrogen and oxygen atoms in total. The van der Waals surface area contributed by atoms with Crippen LogP contribution in [0.4, 0.5) is 0 Å². The molecule has 17 heavy (non-hydrogen) atoms. The van der Waals surface area contributed by atoms with E-state index in [4.69, 9.17) is 10.2 Å². The van der Waals surface area contributed by atoms with Gasteiger partial charge in [-0.2, -0.15) is 0 Å². The second-order valence-electron chi connectivity index (χ2n) is 4.45. The molecule has 1 aromatic carbocycles. The van der Waals surface area contributed by atoms with Gasteiger partial charge in [-0.1, -0.05) is 36.8 Å². The van der Waals surface area contributed by atoms with E-state index in [0.29, 0.717) is 0 Å². The molecule has 0 bridgehead atoms. The van der Waals surface area contributed by atoms with Crippen LogP contribution in [-0.4, -0.2) is 0 Å². The lowest BCUT2D eigenvalue weighted by molar-refractivity contribution is 0.434. The largest absolute Gasteiger partial charge is 0.464 e. The molecule has 1 unspecified atom stereocenters. The topological polar surface area (TPSA) is 39.2 Å². The van der Waals surface area contributed by atoms with Gasteiger partial charge in [-0.3, -0.25) is 0 Å². The van der Waals surface area contributed by atoms with Crippen molar-refractivity contribution in [1.82, 2.24) is 0 Å². The van der Waals surface area contributed by atoms with Gasteiger partial charge in [0.15, 0.2) is 0 Å². The van der Waals surface area contributed by atoms with Crippen molar-refractivity contribution in [2.24, 2.45) is 5.73 Å². The average molecular weight is 229 g/mol. The predicted molar refractivity (Wildman–Crippen MR) is 69.9 cm³/mol. The molecule has 0 aliphatic heterocycles. The molecular weight excluding hydrogens is 210 g/mol. The van der Waals surface area contributed by atoms with Crippen molar-refractivity contribution in [3.8, 4) is 0 Å². The standard InChI is InChI=1S/C15H19NO/c1-3-13-8-9-15(17-13)14(16)10-12-6-4-11(2)5-7-12/h4-9,14H,3,10,16H2,1-2H3. The Labute approximate surface area is 102 Å². The van der Waals surface area contributed by atoms with Gasteiger partial charge in [-0.25, -0.2) is 0 Å². The van der Waals surface area contributed by atoms with Crippen LogP contribution in [0.15, 0.2) is 40.8 Å². The van der Waals surface area contributed by atoms with Crippen LogP contribution < -0.4 is 5.73 Å². The molecule has 0 aliphatic rings. The molecule has 0 spiro atoms. The number of hydrogen-bond acceptors (Lipinski definition) is 2. The van der Waals surface area contributed by atoms with E-state index in [1.54, 1.807) is 0 Å². The Morgan fingerprint density at radius 3 is 2.41 bits per heavy atom. The van der Waals surface area contributed by atoms with E-state index < -0.39 is 0 Å². The van der Waals surface area contributed by atoms with Crippen molar-refractivity contribution in [1.29, 1.82) is 0 Å². The minimum atomic E-state index is -0.0574. The molecular formula is C15H19NO. The van der Waals surface area contributed by atoms with Gasteiger partial charge >= 0.3 is 0 Å². The lowest BCUT2D eigenvalue weighted by atomic mass is 10.0. The molecule has 2 heteroatoms. The summed E-state index contributed by atoms with van der Waals surface area (Å²) in [7, 11) is 0. The minimum absolute atomic E-state index is 0.0574. The van der Waals surface area contributed by atoms with E-state index in [1.165, 1.54) is 11.1 Å². The summed E-state index contributed by atoms with van der Waals surface area (Å²) in [5, 5.41) is 0. The molecule has 1 aromatic heterocycles. The Balaban J connectivity index is 2.05. The monoisotopic (exact) mass is 229 g/mol. The van der Waals surface area contributed by atoms with Crippen LogP contribution in [0.25, 0.3) is 0 Å². The summed E-state index contributed by atoms with van der Waals surface area (Å²) in [6.07, 6.45) is 1.73. The smallest absolute Gasteiger partial charge is 0.121 e. The quantitative estimate of drug-likeness (QED) is 0.872. The Kier molecular flexibility index (Phi) is 3.64. The first-order valence-electron chi connectivity index (χ1n) is 6.08. The van der Waals surface area contributed by atoms with Crippen molar-refractivity contribution in [2.75, 3.05) is 0 Å². The third-order valence-electron chi connectivity index (χ3n) is 2.97. The number of hydrogen-bond donors (Lipinski definition) is 1.